The molecule has 0 aliphatic carbocycles. The maximum atomic E-state index is 12.8. The van der Waals surface area contributed by atoms with E-state index in [9.17, 15) is 14.4 Å². The number of ketones is 1. The van der Waals surface area contributed by atoms with Crippen molar-refractivity contribution in [3.63, 3.8) is 0 Å². The summed E-state index contributed by atoms with van der Waals surface area (Å²) in [5.74, 6) is -1.03. The third kappa shape index (κ3) is 4.17. The molecule has 0 amide bonds. The summed E-state index contributed by atoms with van der Waals surface area (Å²) in [6.45, 7) is 9.92. The molecule has 0 aliphatic heterocycles. The lowest BCUT2D eigenvalue weighted by Gasteiger charge is -2.19. The molecule has 0 radical (unpaired) electrons. The van der Waals surface area contributed by atoms with Crippen LogP contribution in [0.15, 0.2) is 53.3 Å². The summed E-state index contributed by atoms with van der Waals surface area (Å²) in [4.78, 5) is 38.0. The number of hydrogen-bond donors (Lipinski definition) is 0. The van der Waals surface area contributed by atoms with E-state index in [4.69, 9.17) is 4.74 Å². The summed E-state index contributed by atoms with van der Waals surface area (Å²) in [7, 11) is 0. The minimum Gasteiger partial charge on any atom is -0.449 e. The summed E-state index contributed by atoms with van der Waals surface area (Å²) in [6, 6.07) is 14.1. The van der Waals surface area contributed by atoms with E-state index in [1.807, 2.05) is 12.1 Å². The molecule has 156 valence electrons. The van der Waals surface area contributed by atoms with Crippen molar-refractivity contribution in [3.05, 3.63) is 75.7 Å². The number of fused-ring (bicyclic) bond motifs is 1. The first-order chi connectivity index (χ1) is 14.1. The lowest BCUT2D eigenvalue weighted by Crippen LogP contribution is -2.29. The second-order valence-electron chi connectivity index (χ2n) is 8.25. The lowest BCUT2D eigenvalue weighted by molar-refractivity contribution is 0.0313. The largest absolute Gasteiger partial charge is 0.449 e. The molecule has 2 aromatic carbocycles. The van der Waals surface area contributed by atoms with E-state index in [2.05, 4.69) is 25.9 Å². The standard InChI is InChI=1S/C24H26N2O4/c1-6-26-22(28)19-10-8-7-9-18(19)20(25-26)23(29)30-15(2)21(27)16-11-13-17(14-12-16)24(3,4)5/h7-15H,6H2,1-5H3/t15-/m1/s1. The Labute approximate surface area is 175 Å². The van der Waals surface area contributed by atoms with Gasteiger partial charge in [-0.1, -0.05) is 63.2 Å². The number of aromatic nitrogens is 2. The number of rotatable bonds is 5. The SMILES string of the molecule is CCn1nc(C(=O)O[C@H](C)C(=O)c2ccc(C(C)(C)C)cc2)c2ccccc2c1=O. The maximum absolute atomic E-state index is 12.8. The van der Waals surface area contributed by atoms with Crippen molar-refractivity contribution in [3.8, 4) is 0 Å². The van der Waals surface area contributed by atoms with E-state index in [-0.39, 0.29) is 22.5 Å². The molecule has 3 rings (SSSR count). The average Bonchev–Trinajstić information content (AvgIpc) is 2.73. The van der Waals surface area contributed by atoms with Gasteiger partial charge < -0.3 is 4.74 Å². The average molecular weight is 406 g/mol. The number of benzene rings is 2. The fourth-order valence-electron chi connectivity index (χ4n) is 3.24. The molecule has 1 aromatic heterocycles. The van der Waals surface area contributed by atoms with E-state index in [0.717, 1.165) is 5.56 Å². The Balaban J connectivity index is 1.86. The number of nitrogens with zero attached hydrogens (tertiary/aromatic N) is 2. The van der Waals surface area contributed by atoms with Crippen molar-refractivity contribution >= 4 is 22.5 Å². The first-order valence-corrected chi connectivity index (χ1v) is 9.99. The van der Waals surface area contributed by atoms with Crippen molar-refractivity contribution in [1.82, 2.24) is 9.78 Å². The van der Waals surface area contributed by atoms with Crippen molar-refractivity contribution < 1.29 is 14.3 Å². The van der Waals surface area contributed by atoms with Crippen LogP contribution in [-0.2, 0) is 16.7 Å². The first-order valence-electron chi connectivity index (χ1n) is 9.99. The highest BCUT2D eigenvalue weighted by molar-refractivity contribution is 6.05. The smallest absolute Gasteiger partial charge is 0.360 e. The van der Waals surface area contributed by atoms with Crippen LogP contribution < -0.4 is 5.56 Å². The molecular formula is C24H26N2O4. The zero-order chi connectivity index (χ0) is 22.1. The van der Waals surface area contributed by atoms with Crippen LogP contribution in [0, 0.1) is 0 Å². The number of esters is 1. The minimum absolute atomic E-state index is 0.0191. The molecule has 6 heteroatoms. The minimum atomic E-state index is -0.986. The number of hydrogen-bond acceptors (Lipinski definition) is 5. The van der Waals surface area contributed by atoms with Crippen LogP contribution in [0.4, 0.5) is 0 Å². The molecule has 0 saturated heterocycles. The molecule has 1 heterocycles. The van der Waals surface area contributed by atoms with Gasteiger partial charge in [0.05, 0.1) is 5.39 Å². The van der Waals surface area contributed by atoms with Gasteiger partial charge in [-0.05, 0) is 30.9 Å². The lowest BCUT2D eigenvalue weighted by atomic mass is 9.86. The molecule has 0 spiro atoms. The highest BCUT2D eigenvalue weighted by Crippen LogP contribution is 2.23. The van der Waals surface area contributed by atoms with Crippen LogP contribution in [0.2, 0.25) is 0 Å². The fourth-order valence-corrected chi connectivity index (χ4v) is 3.24. The summed E-state index contributed by atoms with van der Waals surface area (Å²) in [6.07, 6.45) is -0.986. The molecular weight excluding hydrogens is 380 g/mol. The van der Waals surface area contributed by atoms with Crippen LogP contribution in [0.1, 0.15) is 61.0 Å². The Morgan fingerprint density at radius 3 is 2.20 bits per heavy atom. The normalized spacial score (nSPS) is 12.6. The fraction of sp³-hybridized carbons (Fsp3) is 0.333. The second-order valence-corrected chi connectivity index (χ2v) is 8.25. The molecule has 0 bridgehead atoms. The van der Waals surface area contributed by atoms with Crippen molar-refractivity contribution in [1.29, 1.82) is 0 Å². The van der Waals surface area contributed by atoms with Crippen LogP contribution in [-0.4, -0.2) is 27.6 Å². The highest BCUT2D eigenvalue weighted by Gasteiger charge is 2.24. The van der Waals surface area contributed by atoms with Gasteiger partial charge in [0.1, 0.15) is 0 Å². The summed E-state index contributed by atoms with van der Waals surface area (Å²) in [5, 5.41) is 4.96. The Bertz CT molecular complexity index is 1150. The predicted molar refractivity (Wildman–Crippen MR) is 116 cm³/mol. The summed E-state index contributed by atoms with van der Waals surface area (Å²) in [5.41, 5.74) is 1.32. The van der Waals surface area contributed by atoms with Crippen LogP contribution in [0.25, 0.3) is 10.8 Å². The number of carbonyl (C=O) groups is 2. The predicted octanol–water partition coefficient (Wildman–Crippen LogP) is 4.14. The third-order valence-electron chi connectivity index (χ3n) is 5.05. The topological polar surface area (TPSA) is 78.3 Å². The second kappa shape index (κ2) is 8.22. The molecule has 0 saturated carbocycles. The molecule has 6 nitrogen and oxygen atoms in total. The van der Waals surface area contributed by atoms with Crippen LogP contribution >= 0.6 is 0 Å². The highest BCUT2D eigenvalue weighted by atomic mass is 16.5. The zero-order valence-corrected chi connectivity index (χ0v) is 17.9. The van der Waals surface area contributed by atoms with E-state index >= 15 is 0 Å². The maximum Gasteiger partial charge on any atom is 0.360 e. The van der Waals surface area contributed by atoms with E-state index in [1.165, 1.54) is 11.6 Å². The summed E-state index contributed by atoms with van der Waals surface area (Å²) < 4.78 is 6.65. The van der Waals surface area contributed by atoms with Gasteiger partial charge in [-0.3, -0.25) is 9.59 Å². The van der Waals surface area contributed by atoms with Gasteiger partial charge in [-0.2, -0.15) is 5.10 Å². The number of aryl methyl sites for hydroxylation is 1. The number of carbonyl (C=O) groups excluding carboxylic acids is 2. The van der Waals surface area contributed by atoms with Gasteiger partial charge in [0.15, 0.2) is 11.8 Å². The van der Waals surface area contributed by atoms with Gasteiger partial charge in [0, 0.05) is 17.5 Å². The van der Waals surface area contributed by atoms with Gasteiger partial charge in [0.2, 0.25) is 5.78 Å². The number of Topliss-reactive ketones (excluding diaryl/α,β-unsaturated/α-hetero) is 1. The number of ether oxygens (including phenoxy) is 1. The van der Waals surface area contributed by atoms with Gasteiger partial charge in [0.25, 0.3) is 5.56 Å². The Morgan fingerprint density at radius 2 is 1.63 bits per heavy atom. The van der Waals surface area contributed by atoms with Crippen LogP contribution in [0.5, 0.6) is 0 Å². The van der Waals surface area contributed by atoms with Gasteiger partial charge >= 0.3 is 5.97 Å². The molecule has 1 atom stereocenters. The molecule has 30 heavy (non-hydrogen) atoms. The van der Waals surface area contributed by atoms with E-state index in [1.54, 1.807) is 43.3 Å². The first kappa shape index (κ1) is 21.4. The molecule has 0 unspecified atom stereocenters. The quantitative estimate of drug-likeness (QED) is 0.470. The Kier molecular flexibility index (Phi) is 5.87. The molecule has 0 aliphatic rings. The van der Waals surface area contributed by atoms with Crippen molar-refractivity contribution in [2.24, 2.45) is 0 Å². The Morgan fingerprint density at radius 1 is 1.03 bits per heavy atom. The van der Waals surface area contributed by atoms with Gasteiger partial charge in [-0.15, -0.1) is 0 Å². The monoisotopic (exact) mass is 406 g/mol. The molecule has 0 fully saturated rings. The van der Waals surface area contributed by atoms with E-state index in [0.29, 0.717) is 22.9 Å². The van der Waals surface area contributed by atoms with Crippen molar-refractivity contribution in [2.45, 2.75) is 52.7 Å². The van der Waals surface area contributed by atoms with Crippen LogP contribution in [0.3, 0.4) is 0 Å². The summed E-state index contributed by atoms with van der Waals surface area (Å²) >= 11 is 0. The Hall–Kier alpha value is -3.28. The zero-order valence-electron chi connectivity index (χ0n) is 17.9. The molecule has 3 aromatic rings. The van der Waals surface area contributed by atoms with Gasteiger partial charge in [-0.25, -0.2) is 9.48 Å². The molecule has 0 N–H and O–H groups in total. The van der Waals surface area contributed by atoms with Crippen molar-refractivity contribution in [2.75, 3.05) is 0 Å². The third-order valence-corrected chi connectivity index (χ3v) is 5.05. The van der Waals surface area contributed by atoms with E-state index < -0.39 is 12.1 Å².